The molecule has 1 aromatic heterocycles. The van der Waals surface area contributed by atoms with Gasteiger partial charge in [-0.15, -0.1) is 0 Å². The number of methoxy groups -OCH3 is 1. The summed E-state index contributed by atoms with van der Waals surface area (Å²) in [5.41, 5.74) is 2.37. The lowest BCUT2D eigenvalue weighted by Crippen LogP contribution is -2.00. The molecule has 0 saturated heterocycles. The molecule has 0 bridgehead atoms. The fraction of sp³-hybridized carbons (Fsp3) is 0.417. The van der Waals surface area contributed by atoms with E-state index in [1.165, 1.54) is 11.1 Å². The molecule has 0 saturated carbocycles. The molecule has 1 heterocycles. The fourth-order valence-corrected chi connectivity index (χ4v) is 1.88. The van der Waals surface area contributed by atoms with Gasteiger partial charge in [-0.05, 0) is 18.9 Å². The Morgan fingerprint density at radius 2 is 2.13 bits per heavy atom. The van der Waals surface area contributed by atoms with Crippen LogP contribution in [0.15, 0.2) is 24.3 Å². The highest BCUT2D eigenvalue weighted by Gasteiger charge is 2.06. The molecule has 2 rings (SSSR count). The van der Waals surface area contributed by atoms with Crippen LogP contribution in [0, 0.1) is 0 Å². The van der Waals surface area contributed by atoms with Crippen molar-refractivity contribution >= 4 is 10.9 Å². The fourth-order valence-electron chi connectivity index (χ4n) is 1.88. The standard InChI is InChI=1S/C12H16N2O/c1-14-12(8-5-9-15-2)10-6-3-4-7-11(10)13-14/h3-4,6-7H,5,8-9H2,1-2H3. The smallest absolute Gasteiger partial charge is 0.0926 e. The maximum absolute atomic E-state index is 5.06. The molecule has 0 unspecified atom stereocenters. The summed E-state index contributed by atoms with van der Waals surface area (Å²) in [6.07, 6.45) is 2.06. The first kappa shape index (κ1) is 10.2. The Morgan fingerprint density at radius 3 is 2.93 bits per heavy atom. The van der Waals surface area contributed by atoms with Gasteiger partial charge in [0.1, 0.15) is 0 Å². The molecule has 0 spiro atoms. The number of aromatic nitrogens is 2. The third kappa shape index (κ3) is 2.02. The molecule has 0 N–H and O–H groups in total. The summed E-state index contributed by atoms with van der Waals surface area (Å²) in [4.78, 5) is 0. The number of ether oxygens (including phenoxy) is 1. The highest BCUT2D eigenvalue weighted by molar-refractivity contribution is 5.81. The molecular weight excluding hydrogens is 188 g/mol. The van der Waals surface area contributed by atoms with Crippen molar-refractivity contribution in [3.05, 3.63) is 30.0 Å². The summed E-state index contributed by atoms with van der Waals surface area (Å²) in [6.45, 7) is 0.805. The minimum absolute atomic E-state index is 0.805. The van der Waals surface area contributed by atoms with Crippen LogP contribution < -0.4 is 0 Å². The third-order valence-electron chi connectivity index (χ3n) is 2.63. The van der Waals surface area contributed by atoms with Gasteiger partial charge in [0.05, 0.1) is 5.52 Å². The van der Waals surface area contributed by atoms with Gasteiger partial charge in [0.2, 0.25) is 0 Å². The molecule has 1 aromatic carbocycles. The lowest BCUT2D eigenvalue weighted by Gasteiger charge is -2.01. The Kier molecular flexibility index (Phi) is 3.02. The van der Waals surface area contributed by atoms with Gasteiger partial charge in [-0.1, -0.05) is 18.2 Å². The Hall–Kier alpha value is -1.35. The predicted molar refractivity (Wildman–Crippen MR) is 60.9 cm³/mol. The monoisotopic (exact) mass is 204 g/mol. The van der Waals surface area contributed by atoms with Crippen LogP contribution in [0.4, 0.5) is 0 Å². The topological polar surface area (TPSA) is 27.1 Å². The number of hydrogen-bond donors (Lipinski definition) is 0. The van der Waals surface area contributed by atoms with Crippen molar-refractivity contribution in [2.45, 2.75) is 12.8 Å². The van der Waals surface area contributed by atoms with Crippen molar-refractivity contribution in [1.29, 1.82) is 0 Å². The highest BCUT2D eigenvalue weighted by atomic mass is 16.5. The number of aryl methyl sites for hydroxylation is 2. The second kappa shape index (κ2) is 4.45. The Bertz CT molecular complexity index is 448. The van der Waals surface area contributed by atoms with Crippen molar-refractivity contribution in [3.63, 3.8) is 0 Å². The summed E-state index contributed by atoms with van der Waals surface area (Å²) in [6, 6.07) is 8.26. The van der Waals surface area contributed by atoms with Gasteiger partial charge < -0.3 is 4.74 Å². The summed E-state index contributed by atoms with van der Waals surface area (Å²) in [5.74, 6) is 0. The molecule has 3 nitrogen and oxygen atoms in total. The van der Waals surface area contributed by atoms with E-state index in [-0.39, 0.29) is 0 Å². The minimum Gasteiger partial charge on any atom is -0.385 e. The molecule has 15 heavy (non-hydrogen) atoms. The van der Waals surface area contributed by atoms with Gasteiger partial charge >= 0.3 is 0 Å². The van der Waals surface area contributed by atoms with Gasteiger partial charge in [0.25, 0.3) is 0 Å². The van der Waals surface area contributed by atoms with Crippen molar-refractivity contribution in [2.75, 3.05) is 13.7 Å². The molecule has 0 aliphatic rings. The molecule has 0 aliphatic carbocycles. The van der Waals surface area contributed by atoms with E-state index in [4.69, 9.17) is 4.74 Å². The number of nitrogens with zero attached hydrogens (tertiary/aromatic N) is 2. The summed E-state index contributed by atoms with van der Waals surface area (Å²) >= 11 is 0. The Balaban J connectivity index is 2.28. The highest BCUT2D eigenvalue weighted by Crippen LogP contribution is 2.18. The van der Waals surface area contributed by atoms with Crippen LogP contribution >= 0.6 is 0 Å². The average molecular weight is 204 g/mol. The molecule has 0 atom stereocenters. The predicted octanol–water partition coefficient (Wildman–Crippen LogP) is 2.15. The quantitative estimate of drug-likeness (QED) is 0.713. The van der Waals surface area contributed by atoms with Crippen LogP contribution in [0.2, 0.25) is 0 Å². The Labute approximate surface area is 89.7 Å². The second-order valence-electron chi connectivity index (χ2n) is 3.68. The van der Waals surface area contributed by atoms with Crippen LogP contribution in [0.1, 0.15) is 12.1 Å². The van der Waals surface area contributed by atoms with Crippen LogP contribution in [-0.4, -0.2) is 23.5 Å². The summed E-state index contributed by atoms with van der Waals surface area (Å²) in [5, 5.41) is 5.73. The zero-order valence-corrected chi connectivity index (χ0v) is 9.23. The van der Waals surface area contributed by atoms with E-state index in [9.17, 15) is 0 Å². The van der Waals surface area contributed by atoms with E-state index >= 15 is 0 Å². The molecule has 0 radical (unpaired) electrons. The van der Waals surface area contributed by atoms with Crippen molar-refractivity contribution in [2.24, 2.45) is 7.05 Å². The Morgan fingerprint density at radius 1 is 1.33 bits per heavy atom. The maximum atomic E-state index is 5.06. The second-order valence-corrected chi connectivity index (χ2v) is 3.68. The van der Waals surface area contributed by atoms with E-state index < -0.39 is 0 Å². The first-order valence-electron chi connectivity index (χ1n) is 5.22. The molecule has 2 aromatic rings. The summed E-state index contributed by atoms with van der Waals surface area (Å²) in [7, 11) is 3.74. The van der Waals surface area contributed by atoms with Crippen LogP contribution in [-0.2, 0) is 18.2 Å². The lowest BCUT2D eigenvalue weighted by atomic mass is 10.1. The van der Waals surface area contributed by atoms with Crippen LogP contribution in [0.5, 0.6) is 0 Å². The molecular formula is C12H16N2O. The van der Waals surface area contributed by atoms with Crippen LogP contribution in [0.25, 0.3) is 10.9 Å². The lowest BCUT2D eigenvalue weighted by molar-refractivity contribution is 0.194. The van der Waals surface area contributed by atoms with Crippen molar-refractivity contribution in [3.8, 4) is 0 Å². The first-order valence-corrected chi connectivity index (χ1v) is 5.22. The van der Waals surface area contributed by atoms with E-state index in [0.29, 0.717) is 0 Å². The normalized spacial score (nSPS) is 11.1. The van der Waals surface area contributed by atoms with Gasteiger partial charge in [-0.3, -0.25) is 4.68 Å². The SMILES string of the molecule is COCCCc1c2ccccc2nn1C. The van der Waals surface area contributed by atoms with E-state index in [2.05, 4.69) is 23.3 Å². The molecule has 0 aliphatic heterocycles. The summed E-state index contributed by atoms with van der Waals surface area (Å²) < 4.78 is 7.03. The van der Waals surface area contributed by atoms with Gasteiger partial charge in [0, 0.05) is 31.8 Å². The van der Waals surface area contributed by atoms with Crippen molar-refractivity contribution in [1.82, 2.24) is 9.78 Å². The zero-order valence-electron chi connectivity index (χ0n) is 9.23. The third-order valence-corrected chi connectivity index (χ3v) is 2.63. The van der Waals surface area contributed by atoms with Crippen molar-refractivity contribution < 1.29 is 4.74 Å². The first-order chi connectivity index (χ1) is 7.33. The molecule has 3 heteroatoms. The molecule has 80 valence electrons. The van der Waals surface area contributed by atoms with Crippen LogP contribution in [0.3, 0.4) is 0 Å². The largest absolute Gasteiger partial charge is 0.385 e. The zero-order chi connectivity index (χ0) is 10.7. The molecule has 0 fully saturated rings. The van der Waals surface area contributed by atoms with E-state index in [0.717, 1.165) is 25.0 Å². The van der Waals surface area contributed by atoms with Gasteiger partial charge in [0.15, 0.2) is 0 Å². The number of fused-ring (bicyclic) bond motifs is 1. The number of benzene rings is 1. The average Bonchev–Trinajstić information content (AvgIpc) is 2.56. The number of hydrogen-bond acceptors (Lipinski definition) is 2. The van der Waals surface area contributed by atoms with Gasteiger partial charge in [-0.25, -0.2) is 0 Å². The van der Waals surface area contributed by atoms with E-state index in [1.807, 2.05) is 17.8 Å². The molecule has 0 amide bonds. The number of rotatable bonds is 4. The van der Waals surface area contributed by atoms with E-state index in [1.54, 1.807) is 7.11 Å². The van der Waals surface area contributed by atoms with Gasteiger partial charge in [-0.2, -0.15) is 5.10 Å². The minimum atomic E-state index is 0.805. The maximum Gasteiger partial charge on any atom is 0.0926 e.